The number of carbonyl (C=O) groups is 4. The number of esters is 1. The van der Waals surface area contributed by atoms with Crippen molar-refractivity contribution in [2.24, 2.45) is 0 Å². The van der Waals surface area contributed by atoms with Crippen LogP contribution in [-0.2, 0) is 30.3 Å². The molecule has 3 amide bonds. The molecule has 8 nitrogen and oxygen atoms in total. The Morgan fingerprint density at radius 3 is 2.46 bits per heavy atom. The molecule has 1 fully saturated rings. The Balaban J connectivity index is 1.60. The molecular formula is C18H23N3O5. The van der Waals surface area contributed by atoms with Gasteiger partial charge in [-0.25, -0.2) is 0 Å². The summed E-state index contributed by atoms with van der Waals surface area (Å²) in [6.45, 7) is -0.869. The standard InChI is InChI=1S/C18H23N3O5/c1-21(11-16(23)20-14-7-8-14)17(24)12-26-18(25)10-19-15(22)9-13-5-3-2-4-6-13/h2-6,14H,7-12H2,1H3,(H,19,22)(H,20,23). The third-order valence-electron chi connectivity index (χ3n) is 3.74. The van der Waals surface area contributed by atoms with E-state index < -0.39 is 18.5 Å². The second-order valence-corrected chi connectivity index (χ2v) is 6.19. The summed E-state index contributed by atoms with van der Waals surface area (Å²) >= 11 is 0. The number of carbonyl (C=O) groups excluding carboxylic acids is 4. The Bertz CT molecular complexity index is 658. The summed E-state index contributed by atoms with van der Waals surface area (Å²) in [5.41, 5.74) is 0.833. The van der Waals surface area contributed by atoms with Gasteiger partial charge in [-0.15, -0.1) is 0 Å². The van der Waals surface area contributed by atoms with E-state index in [2.05, 4.69) is 10.6 Å². The fourth-order valence-electron chi connectivity index (χ4n) is 2.12. The molecule has 1 aliphatic carbocycles. The Morgan fingerprint density at radius 2 is 1.81 bits per heavy atom. The molecule has 140 valence electrons. The van der Waals surface area contributed by atoms with E-state index in [4.69, 9.17) is 4.74 Å². The molecule has 0 aliphatic heterocycles. The normalized spacial score (nSPS) is 12.8. The molecule has 8 heteroatoms. The maximum atomic E-state index is 11.8. The second kappa shape index (κ2) is 9.55. The van der Waals surface area contributed by atoms with Gasteiger partial charge in [0.2, 0.25) is 11.8 Å². The Morgan fingerprint density at radius 1 is 1.12 bits per heavy atom. The van der Waals surface area contributed by atoms with Crippen molar-refractivity contribution in [3.8, 4) is 0 Å². The van der Waals surface area contributed by atoms with E-state index in [1.807, 2.05) is 30.3 Å². The van der Waals surface area contributed by atoms with Crippen LogP contribution in [0.15, 0.2) is 30.3 Å². The van der Waals surface area contributed by atoms with Crippen molar-refractivity contribution < 1.29 is 23.9 Å². The highest BCUT2D eigenvalue weighted by Crippen LogP contribution is 2.18. The molecular weight excluding hydrogens is 338 g/mol. The molecule has 1 aliphatic rings. The third kappa shape index (κ3) is 7.33. The summed E-state index contributed by atoms with van der Waals surface area (Å²) in [6, 6.07) is 9.34. The van der Waals surface area contributed by atoms with Crippen molar-refractivity contribution in [3.63, 3.8) is 0 Å². The molecule has 26 heavy (non-hydrogen) atoms. The second-order valence-electron chi connectivity index (χ2n) is 6.19. The smallest absolute Gasteiger partial charge is 0.325 e. The SMILES string of the molecule is CN(CC(=O)NC1CC1)C(=O)COC(=O)CNC(=O)Cc1ccccc1. The van der Waals surface area contributed by atoms with Crippen LogP contribution in [-0.4, -0.2) is 61.4 Å². The molecule has 1 aromatic rings. The van der Waals surface area contributed by atoms with Crippen LogP contribution in [0.5, 0.6) is 0 Å². The number of likely N-dealkylation sites (N-methyl/N-ethyl adjacent to an activating group) is 1. The minimum atomic E-state index is -0.712. The number of rotatable bonds is 9. The fraction of sp³-hybridized carbons (Fsp3) is 0.444. The van der Waals surface area contributed by atoms with Crippen LogP contribution in [0.1, 0.15) is 18.4 Å². The number of nitrogens with one attached hydrogen (secondary N) is 2. The fourth-order valence-corrected chi connectivity index (χ4v) is 2.12. The number of ether oxygens (including phenoxy) is 1. The first kappa shape index (κ1) is 19.4. The van der Waals surface area contributed by atoms with Crippen LogP contribution in [0.2, 0.25) is 0 Å². The number of amides is 3. The molecule has 0 bridgehead atoms. The van der Waals surface area contributed by atoms with Crippen LogP contribution < -0.4 is 10.6 Å². The molecule has 1 aromatic carbocycles. The maximum Gasteiger partial charge on any atom is 0.325 e. The van der Waals surface area contributed by atoms with E-state index in [1.165, 1.54) is 11.9 Å². The largest absolute Gasteiger partial charge is 0.454 e. The third-order valence-corrected chi connectivity index (χ3v) is 3.74. The lowest BCUT2D eigenvalue weighted by molar-refractivity contribution is -0.151. The monoisotopic (exact) mass is 361 g/mol. The topological polar surface area (TPSA) is 105 Å². The van der Waals surface area contributed by atoms with Gasteiger partial charge in [-0.2, -0.15) is 0 Å². The molecule has 2 N–H and O–H groups in total. The zero-order chi connectivity index (χ0) is 18.9. The first-order valence-corrected chi connectivity index (χ1v) is 8.43. The van der Waals surface area contributed by atoms with Crippen molar-refractivity contribution in [2.45, 2.75) is 25.3 Å². The lowest BCUT2D eigenvalue weighted by Gasteiger charge is -2.16. The van der Waals surface area contributed by atoms with E-state index >= 15 is 0 Å². The highest BCUT2D eigenvalue weighted by molar-refractivity contribution is 5.87. The number of hydrogen-bond acceptors (Lipinski definition) is 5. The summed E-state index contributed by atoms with van der Waals surface area (Å²) in [6.07, 6.45) is 2.10. The maximum absolute atomic E-state index is 11.8. The average Bonchev–Trinajstić information content (AvgIpc) is 3.42. The van der Waals surface area contributed by atoms with Crippen molar-refractivity contribution >= 4 is 23.7 Å². The molecule has 2 rings (SSSR count). The highest BCUT2D eigenvalue weighted by Gasteiger charge is 2.24. The van der Waals surface area contributed by atoms with E-state index in [1.54, 1.807) is 0 Å². The van der Waals surface area contributed by atoms with E-state index in [0.717, 1.165) is 18.4 Å². The van der Waals surface area contributed by atoms with Gasteiger partial charge in [0.15, 0.2) is 6.61 Å². The van der Waals surface area contributed by atoms with E-state index in [0.29, 0.717) is 0 Å². The summed E-state index contributed by atoms with van der Waals surface area (Å²) in [4.78, 5) is 48.0. The van der Waals surface area contributed by atoms with E-state index in [-0.39, 0.29) is 37.4 Å². The molecule has 0 radical (unpaired) electrons. The first-order chi connectivity index (χ1) is 12.4. The molecule has 0 saturated heterocycles. The van der Waals surface area contributed by atoms with Crippen LogP contribution in [0.4, 0.5) is 0 Å². The summed E-state index contributed by atoms with van der Waals surface area (Å²) < 4.78 is 4.82. The van der Waals surface area contributed by atoms with Gasteiger partial charge in [0, 0.05) is 13.1 Å². The van der Waals surface area contributed by atoms with Crippen molar-refractivity contribution in [3.05, 3.63) is 35.9 Å². The summed E-state index contributed by atoms with van der Waals surface area (Å²) in [5, 5.41) is 5.21. The van der Waals surface area contributed by atoms with Gasteiger partial charge in [0.25, 0.3) is 5.91 Å². The van der Waals surface area contributed by atoms with Crippen LogP contribution in [0.3, 0.4) is 0 Å². The van der Waals surface area contributed by atoms with Gasteiger partial charge in [0.05, 0.1) is 13.0 Å². The van der Waals surface area contributed by atoms with E-state index in [9.17, 15) is 19.2 Å². The predicted octanol–water partition coefficient (Wildman–Crippen LogP) is -0.374. The van der Waals surface area contributed by atoms with Gasteiger partial charge in [-0.1, -0.05) is 30.3 Å². The zero-order valence-electron chi connectivity index (χ0n) is 14.7. The number of benzene rings is 1. The van der Waals surface area contributed by atoms with Crippen LogP contribution in [0.25, 0.3) is 0 Å². The minimum Gasteiger partial charge on any atom is -0.454 e. The Labute approximate surface area is 151 Å². The highest BCUT2D eigenvalue weighted by atomic mass is 16.5. The molecule has 1 saturated carbocycles. The summed E-state index contributed by atoms with van der Waals surface area (Å²) in [5.74, 6) is -1.74. The van der Waals surface area contributed by atoms with Crippen molar-refractivity contribution in [2.75, 3.05) is 26.7 Å². The number of hydrogen-bond donors (Lipinski definition) is 2. The van der Waals surface area contributed by atoms with Gasteiger partial charge >= 0.3 is 5.97 Å². The number of nitrogens with zero attached hydrogens (tertiary/aromatic N) is 1. The van der Waals surface area contributed by atoms with Gasteiger partial charge < -0.3 is 20.3 Å². The predicted molar refractivity (Wildman–Crippen MR) is 92.9 cm³/mol. The lowest BCUT2D eigenvalue weighted by Crippen LogP contribution is -2.41. The molecule has 0 aromatic heterocycles. The minimum absolute atomic E-state index is 0.0826. The molecule has 0 unspecified atom stereocenters. The van der Waals surface area contributed by atoms with Gasteiger partial charge in [-0.05, 0) is 18.4 Å². The summed E-state index contributed by atoms with van der Waals surface area (Å²) in [7, 11) is 1.46. The quantitative estimate of drug-likeness (QED) is 0.584. The van der Waals surface area contributed by atoms with Gasteiger partial charge in [0.1, 0.15) is 6.54 Å². The van der Waals surface area contributed by atoms with Crippen molar-refractivity contribution in [1.82, 2.24) is 15.5 Å². The molecule has 0 spiro atoms. The lowest BCUT2D eigenvalue weighted by atomic mass is 10.1. The average molecular weight is 361 g/mol. The zero-order valence-corrected chi connectivity index (χ0v) is 14.7. The Kier molecular flexibility index (Phi) is 7.13. The molecule has 0 heterocycles. The molecule has 0 atom stereocenters. The Hall–Kier alpha value is -2.90. The van der Waals surface area contributed by atoms with Crippen molar-refractivity contribution in [1.29, 1.82) is 0 Å². The van der Waals surface area contributed by atoms with Crippen LogP contribution in [0, 0.1) is 0 Å². The van der Waals surface area contributed by atoms with Crippen LogP contribution >= 0.6 is 0 Å². The first-order valence-electron chi connectivity index (χ1n) is 8.43. The van der Waals surface area contributed by atoms with Gasteiger partial charge in [-0.3, -0.25) is 19.2 Å².